The van der Waals surface area contributed by atoms with Crippen LogP contribution in [0.2, 0.25) is 0 Å². The Balaban J connectivity index is 1.32. The van der Waals surface area contributed by atoms with Crippen LogP contribution in [0.5, 0.6) is 0 Å². The second kappa shape index (κ2) is 7.11. The van der Waals surface area contributed by atoms with Crippen molar-refractivity contribution in [3.05, 3.63) is 39.9 Å². The normalized spacial score (nSPS) is 45.8. The summed E-state index contributed by atoms with van der Waals surface area (Å²) in [7, 11) is 0. The van der Waals surface area contributed by atoms with Crippen LogP contribution in [0.15, 0.2) is 29.4 Å². The van der Waals surface area contributed by atoms with Crippen LogP contribution in [0.1, 0.15) is 64.4 Å². The number of fused-ring (bicyclic) bond motifs is 7. The molecule has 1 heterocycles. The van der Waals surface area contributed by atoms with Gasteiger partial charge >= 0.3 is 0 Å². The highest BCUT2D eigenvalue weighted by atomic mass is 16.6. The van der Waals surface area contributed by atoms with E-state index < -0.39 is 10.3 Å². The lowest BCUT2D eigenvalue weighted by atomic mass is 9.45. The van der Waals surface area contributed by atoms with Crippen LogP contribution in [0, 0.1) is 50.5 Å². The molecule has 0 bridgehead atoms. The summed E-state index contributed by atoms with van der Waals surface area (Å²) >= 11 is 0. The summed E-state index contributed by atoms with van der Waals surface area (Å²) in [5.74, 6) is 1.55. The summed E-state index contributed by atoms with van der Waals surface area (Å²) < 4.78 is 0. The van der Waals surface area contributed by atoms with E-state index in [9.17, 15) is 20.0 Å². The van der Waals surface area contributed by atoms with Crippen LogP contribution >= 0.6 is 0 Å². The molecule has 0 aromatic heterocycles. The second-order valence-corrected chi connectivity index (χ2v) is 11.7. The van der Waals surface area contributed by atoms with Crippen LogP contribution in [0.3, 0.4) is 0 Å². The largest absolute Gasteiger partial charge is 0.393 e. The maximum atomic E-state index is 13.9. The highest BCUT2D eigenvalue weighted by Gasteiger charge is 2.69. The standard InChI is InChI=1S/C26H32N2O5/c1-25-11-9-17(29)13-15(25)5-8-18-19(25)10-12-26(2)21(18)23-20(24(26)30)22(27-33-23)14-3-6-16(7-4-14)28(31)32/h3-4,6-7,15,17-21,23,29H,5,8-13H2,1-2H3/t15-,17-,18+,19-,20-,21+,23+,25-,26-/m0/s1. The fraction of sp³-hybridized carbons (Fsp3) is 0.692. The lowest BCUT2D eigenvalue weighted by Gasteiger charge is -2.60. The molecule has 1 aromatic carbocycles. The first-order valence-electron chi connectivity index (χ1n) is 12.4. The zero-order valence-corrected chi connectivity index (χ0v) is 19.3. The van der Waals surface area contributed by atoms with E-state index in [1.807, 2.05) is 0 Å². The first-order chi connectivity index (χ1) is 15.7. The lowest BCUT2D eigenvalue weighted by molar-refractivity contribution is -0.384. The molecule has 0 saturated heterocycles. The number of aliphatic hydroxyl groups excluding tert-OH is 1. The van der Waals surface area contributed by atoms with Crippen LogP contribution in [-0.2, 0) is 9.63 Å². The van der Waals surface area contributed by atoms with Gasteiger partial charge in [0, 0.05) is 29.0 Å². The number of oxime groups is 1. The summed E-state index contributed by atoms with van der Waals surface area (Å²) in [4.78, 5) is 30.6. The van der Waals surface area contributed by atoms with Crippen LogP contribution in [0.25, 0.3) is 0 Å². The van der Waals surface area contributed by atoms with Gasteiger partial charge in [-0.1, -0.05) is 19.0 Å². The van der Waals surface area contributed by atoms with Crippen LogP contribution < -0.4 is 0 Å². The predicted molar refractivity (Wildman–Crippen MR) is 122 cm³/mol. The number of non-ortho nitro benzene ring substituents is 1. The fourth-order valence-electron chi connectivity index (χ4n) is 8.66. The Morgan fingerprint density at radius 2 is 1.88 bits per heavy atom. The van der Waals surface area contributed by atoms with E-state index in [0.29, 0.717) is 23.5 Å². The summed E-state index contributed by atoms with van der Waals surface area (Å²) in [6, 6.07) is 6.30. The zero-order valence-electron chi connectivity index (χ0n) is 19.3. The number of carbonyl (C=O) groups excluding carboxylic acids is 1. The van der Waals surface area contributed by atoms with Crippen molar-refractivity contribution < 1.29 is 19.7 Å². The predicted octanol–water partition coefficient (Wildman–Crippen LogP) is 4.51. The van der Waals surface area contributed by atoms with Crippen molar-refractivity contribution in [1.29, 1.82) is 0 Å². The summed E-state index contributed by atoms with van der Waals surface area (Å²) in [5, 5.41) is 25.7. The molecule has 4 fully saturated rings. The van der Waals surface area contributed by atoms with Crippen molar-refractivity contribution in [2.45, 2.75) is 71.0 Å². The van der Waals surface area contributed by atoms with E-state index in [-0.39, 0.29) is 40.9 Å². The SMILES string of the molecule is C[C@]12CC[C@H](O)C[C@@H]1CC[C@H]1[C@@H]3[C@@H]4ON=C(c5ccc([N+](=O)[O-])cc5)[C@@H]4C(=O)[C@@]3(C)CC[C@@H]12. The molecule has 0 spiro atoms. The third-order valence-electron chi connectivity index (χ3n) is 10.4. The first-order valence-corrected chi connectivity index (χ1v) is 12.4. The Labute approximate surface area is 193 Å². The van der Waals surface area contributed by atoms with Crippen molar-refractivity contribution >= 4 is 17.2 Å². The molecule has 0 unspecified atom stereocenters. The van der Waals surface area contributed by atoms with Gasteiger partial charge in [0.05, 0.1) is 11.0 Å². The third-order valence-corrected chi connectivity index (χ3v) is 10.4. The molecule has 7 heteroatoms. The summed E-state index contributed by atoms with van der Waals surface area (Å²) in [6.45, 7) is 4.58. The average molecular weight is 453 g/mol. The van der Waals surface area contributed by atoms with E-state index in [4.69, 9.17) is 4.84 Å². The highest BCUT2D eigenvalue weighted by Crippen LogP contribution is 2.67. The Morgan fingerprint density at radius 1 is 1.12 bits per heavy atom. The van der Waals surface area contributed by atoms with E-state index >= 15 is 0 Å². The molecular weight excluding hydrogens is 420 g/mol. The molecule has 0 amide bonds. The highest BCUT2D eigenvalue weighted by molar-refractivity contribution is 6.17. The molecule has 0 radical (unpaired) electrons. The van der Waals surface area contributed by atoms with Crippen molar-refractivity contribution in [1.82, 2.24) is 0 Å². The molecule has 1 N–H and O–H groups in total. The Kier molecular flexibility index (Phi) is 4.58. The molecule has 176 valence electrons. The molecule has 6 rings (SSSR count). The Bertz CT molecular complexity index is 1040. The van der Waals surface area contributed by atoms with E-state index in [2.05, 4.69) is 19.0 Å². The number of rotatable bonds is 2. The fourth-order valence-corrected chi connectivity index (χ4v) is 8.66. The molecule has 4 aliphatic carbocycles. The first kappa shape index (κ1) is 21.3. The molecule has 33 heavy (non-hydrogen) atoms. The topological polar surface area (TPSA) is 102 Å². The number of carbonyl (C=O) groups is 1. The lowest BCUT2D eigenvalue weighted by Crippen LogP contribution is -2.55. The monoisotopic (exact) mass is 452 g/mol. The number of benzene rings is 1. The van der Waals surface area contributed by atoms with Gasteiger partial charge in [0.1, 0.15) is 17.7 Å². The smallest absolute Gasteiger partial charge is 0.269 e. The van der Waals surface area contributed by atoms with Crippen LogP contribution in [-0.4, -0.2) is 33.7 Å². The van der Waals surface area contributed by atoms with Gasteiger partial charge in [-0.15, -0.1) is 0 Å². The molecule has 4 saturated carbocycles. The number of nitro benzene ring substituents is 1. The number of hydrogen-bond donors (Lipinski definition) is 1. The maximum Gasteiger partial charge on any atom is 0.269 e. The molecule has 1 aliphatic heterocycles. The number of nitrogens with zero attached hydrogens (tertiary/aromatic N) is 2. The van der Waals surface area contributed by atoms with Crippen molar-refractivity contribution in [3.8, 4) is 0 Å². The van der Waals surface area contributed by atoms with Gasteiger partial charge < -0.3 is 9.94 Å². The van der Waals surface area contributed by atoms with Crippen LogP contribution in [0.4, 0.5) is 5.69 Å². The number of hydrogen-bond acceptors (Lipinski definition) is 6. The Hall–Kier alpha value is -2.28. The van der Waals surface area contributed by atoms with Gasteiger partial charge in [-0.05, 0) is 80.2 Å². The molecule has 9 atom stereocenters. The van der Waals surface area contributed by atoms with Crippen molar-refractivity contribution in [3.63, 3.8) is 0 Å². The van der Waals surface area contributed by atoms with Gasteiger partial charge in [0.25, 0.3) is 5.69 Å². The molecule has 7 nitrogen and oxygen atoms in total. The zero-order chi connectivity index (χ0) is 23.1. The summed E-state index contributed by atoms with van der Waals surface area (Å²) in [6.07, 6.45) is 6.60. The quantitative estimate of drug-likeness (QED) is 0.526. The molecule has 5 aliphatic rings. The minimum atomic E-state index is -0.419. The molecule has 1 aromatic rings. The average Bonchev–Trinajstić information content (AvgIpc) is 3.31. The van der Waals surface area contributed by atoms with Crippen molar-refractivity contribution in [2.24, 2.45) is 45.6 Å². The minimum absolute atomic E-state index is 0.0265. The number of ketones is 1. The van der Waals surface area contributed by atoms with E-state index in [1.54, 1.807) is 12.1 Å². The maximum absolute atomic E-state index is 13.9. The minimum Gasteiger partial charge on any atom is -0.393 e. The van der Waals surface area contributed by atoms with E-state index in [1.165, 1.54) is 12.1 Å². The Morgan fingerprint density at radius 3 is 2.61 bits per heavy atom. The van der Waals surface area contributed by atoms with Gasteiger partial charge in [-0.3, -0.25) is 14.9 Å². The van der Waals surface area contributed by atoms with E-state index in [0.717, 1.165) is 50.5 Å². The summed E-state index contributed by atoms with van der Waals surface area (Å²) in [5.41, 5.74) is 1.21. The second-order valence-electron chi connectivity index (χ2n) is 11.7. The van der Waals surface area contributed by atoms with Gasteiger partial charge in [-0.25, -0.2) is 0 Å². The van der Waals surface area contributed by atoms with Gasteiger partial charge in [0.15, 0.2) is 5.78 Å². The number of aliphatic hydroxyl groups is 1. The van der Waals surface area contributed by atoms with Crippen molar-refractivity contribution in [2.75, 3.05) is 0 Å². The third kappa shape index (κ3) is 2.84. The number of nitro groups is 1. The van der Waals surface area contributed by atoms with Gasteiger partial charge in [-0.2, -0.15) is 0 Å². The van der Waals surface area contributed by atoms with Gasteiger partial charge in [0.2, 0.25) is 0 Å². The number of Topliss-reactive ketones (excluding diaryl/α,β-unsaturated/α-hetero) is 1. The molecular formula is C26H32N2O5.